The second kappa shape index (κ2) is 6.44. The molecule has 1 aromatic rings. The van der Waals surface area contributed by atoms with E-state index < -0.39 is 0 Å². The number of carbonyl (C=O) groups excluding carboxylic acids is 1. The fourth-order valence-electron chi connectivity index (χ4n) is 2.48. The molecule has 0 heterocycles. The summed E-state index contributed by atoms with van der Waals surface area (Å²) < 4.78 is 0. The molecule has 0 aliphatic heterocycles. The summed E-state index contributed by atoms with van der Waals surface area (Å²) in [5.41, 5.74) is 0.670. The molecule has 0 radical (unpaired) electrons. The molecular formula is C14H17Cl2NO. The Kier molecular flexibility index (Phi) is 4.90. The van der Waals surface area contributed by atoms with Crippen molar-refractivity contribution in [3.8, 4) is 0 Å². The number of hydrogen-bond donors (Lipinski definition) is 1. The van der Waals surface area contributed by atoms with Gasteiger partial charge in [-0.15, -0.1) is 0 Å². The minimum absolute atomic E-state index is 0.0419. The molecule has 1 fully saturated rings. The highest BCUT2D eigenvalue weighted by Crippen LogP contribution is 2.29. The van der Waals surface area contributed by atoms with E-state index >= 15 is 0 Å². The first-order valence-electron chi connectivity index (χ1n) is 6.39. The average Bonchev–Trinajstić information content (AvgIpc) is 2.77. The average molecular weight is 286 g/mol. The monoisotopic (exact) mass is 285 g/mol. The Hall–Kier alpha value is -0.730. The van der Waals surface area contributed by atoms with Gasteiger partial charge in [0.25, 0.3) is 0 Å². The van der Waals surface area contributed by atoms with Crippen LogP contribution in [0.15, 0.2) is 18.2 Å². The van der Waals surface area contributed by atoms with E-state index in [2.05, 4.69) is 5.32 Å². The minimum atomic E-state index is 0.0419. The van der Waals surface area contributed by atoms with E-state index in [0.29, 0.717) is 22.2 Å². The Balaban J connectivity index is 1.82. The number of amides is 1. The molecule has 0 atom stereocenters. The van der Waals surface area contributed by atoms with Gasteiger partial charge in [-0.05, 0) is 30.5 Å². The van der Waals surface area contributed by atoms with E-state index in [4.69, 9.17) is 23.2 Å². The molecule has 0 bridgehead atoms. The molecule has 1 aliphatic carbocycles. The van der Waals surface area contributed by atoms with Crippen LogP contribution in [0, 0.1) is 5.92 Å². The molecule has 4 heteroatoms. The summed E-state index contributed by atoms with van der Waals surface area (Å²) in [6, 6.07) is 5.07. The van der Waals surface area contributed by atoms with Crippen LogP contribution in [0.1, 0.15) is 38.5 Å². The first-order chi connectivity index (χ1) is 8.63. The second-order valence-electron chi connectivity index (χ2n) is 4.90. The van der Waals surface area contributed by atoms with Crippen LogP contribution in [0.5, 0.6) is 0 Å². The molecule has 18 heavy (non-hydrogen) atoms. The third-order valence-corrected chi connectivity index (χ3v) is 3.84. The van der Waals surface area contributed by atoms with E-state index in [1.54, 1.807) is 18.2 Å². The van der Waals surface area contributed by atoms with Gasteiger partial charge in [-0.1, -0.05) is 48.9 Å². The predicted octanol–water partition coefficient (Wildman–Crippen LogP) is 4.90. The fourth-order valence-corrected chi connectivity index (χ4v) is 3.01. The summed E-state index contributed by atoms with van der Waals surface area (Å²) in [5, 5.41) is 3.91. The first-order valence-corrected chi connectivity index (χ1v) is 7.15. The number of nitrogens with one attached hydrogen (secondary N) is 1. The summed E-state index contributed by atoms with van der Waals surface area (Å²) in [4.78, 5) is 11.8. The number of benzene rings is 1. The van der Waals surface area contributed by atoms with E-state index in [1.807, 2.05) is 0 Å². The maximum Gasteiger partial charge on any atom is 0.224 e. The first kappa shape index (κ1) is 13.7. The molecule has 98 valence electrons. The van der Waals surface area contributed by atoms with Gasteiger partial charge in [0.2, 0.25) is 5.91 Å². The lowest BCUT2D eigenvalue weighted by Gasteiger charge is -2.09. The molecule has 1 aromatic carbocycles. The van der Waals surface area contributed by atoms with Crippen molar-refractivity contribution in [3.63, 3.8) is 0 Å². The largest absolute Gasteiger partial charge is 0.326 e. The summed E-state index contributed by atoms with van der Waals surface area (Å²) in [6.45, 7) is 0. The summed E-state index contributed by atoms with van der Waals surface area (Å²) in [7, 11) is 0. The molecule has 0 saturated heterocycles. The summed E-state index contributed by atoms with van der Waals surface area (Å²) in [6.07, 6.45) is 6.74. The maximum absolute atomic E-state index is 11.8. The number of rotatable bonds is 4. The maximum atomic E-state index is 11.8. The lowest BCUT2D eigenvalue weighted by atomic mass is 10.0. The van der Waals surface area contributed by atoms with Gasteiger partial charge in [-0.2, -0.15) is 0 Å². The van der Waals surface area contributed by atoms with Crippen LogP contribution in [0.4, 0.5) is 5.69 Å². The van der Waals surface area contributed by atoms with Gasteiger partial charge in [-0.25, -0.2) is 0 Å². The van der Waals surface area contributed by atoms with Crippen molar-refractivity contribution in [1.82, 2.24) is 0 Å². The van der Waals surface area contributed by atoms with Crippen molar-refractivity contribution in [2.75, 3.05) is 5.32 Å². The van der Waals surface area contributed by atoms with Crippen LogP contribution in [0.25, 0.3) is 0 Å². The topological polar surface area (TPSA) is 29.1 Å². The number of anilines is 1. The number of halogens is 2. The van der Waals surface area contributed by atoms with Gasteiger partial charge in [0.05, 0.1) is 0 Å². The van der Waals surface area contributed by atoms with E-state index in [9.17, 15) is 4.79 Å². The highest BCUT2D eigenvalue weighted by molar-refractivity contribution is 6.35. The van der Waals surface area contributed by atoms with Gasteiger partial charge in [0.15, 0.2) is 0 Å². The normalized spacial score (nSPS) is 15.9. The van der Waals surface area contributed by atoms with E-state index in [-0.39, 0.29) is 5.91 Å². The number of carbonyl (C=O) groups is 1. The SMILES string of the molecule is O=C(CCC1CCCC1)Nc1cc(Cl)cc(Cl)c1. The predicted molar refractivity (Wildman–Crippen MR) is 76.3 cm³/mol. The smallest absolute Gasteiger partial charge is 0.224 e. The molecular weight excluding hydrogens is 269 g/mol. The van der Waals surface area contributed by atoms with Crippen molar-refractivity contribution in [2.45, 2.75) is 38.5 Å². The zero-order valence-electron chi connectivity index (χ0n) is 10.2. The number of hydrogen-bond acceptors (Lipinski definition) is 1. The fraction of sp³-hybridized carbons (Fsp3) is 0.500. The zero-order chi connectivity index (χ0) is 13.0. The van der Waals surface area contributed by atoms with E-state index in [1.165, 1.54) is 25.7 Å². The van der Waals surface area contributed by atoms with E-state index in [0.717, 1.165) is 12.3 Å². The molecule has 0 spiro atoms. The molecule has 1 N–H and O–H groups in total. The van der Waals surface area contributed by atoms with Crippen LogP contribution in [-0.2, 0) is 4.79 Å². The van der Waals surface area contributed by atoms with Crippen molar-refractivity contribution >= 4 is 34.8 Å². The molecule has 1 amide bonds. The van der Waals surface area contributed by atoms with Crippen molar-refractivity contribution in [2.24, 2.45) is 5.92 Å². The Labute approximate surface area is 118 Å². The standard InChI is InChI=1S/C14H17Cl2NO/c15-11-7-12(16)9-13(8-11)17-14(18)6-5-10-3-1-2-4-10/h7-10H,1-6H2,(H,17,18). The lowest BCUT2D eigenvalue weighted by Crippen LogP contribution is -2.12. The quantitative estimate of drug-likeness (QED) is 0.837. The molecule has 1 saturated carbocycles. The van der Waals surface area contributed by atoms with Crippen LogP contribution < -0.4 is 5.32 Å². The highest BCUT2D eigenvalue weighted by Gasteiger charge is 2.16. The van der Waals surface area contributed by atoms with Crippen molar-refractivity contribution in [3.05, 3.63) is 28.2 Å². The van der Waals surface area contributed by atoms with Crippen molar-refractivity contribution in [1.29, 1.82) is 0 Å². The van der Waals surface area contributed by atoms with Crippen LogP contribution in [0.3, 0.4) is 0 Å². The van der Waals surface area contributed by atoms with Crippen molar-refractivity contribution < 1.29 is 4.79 Å². The minimum Gasteiger partial charge on any atom is -0.326 e. The molecule has 0 unspecified atom stereocenters. The van der Waals surface area contributed by atoms with Crippen LogP contribution >= 0.6 is 23.2 Å². The van der Waals surface area contributed by atoms with Gasteiger partial charge in [-0.3, -0.25) is 4.79 Å². The Morgan fingerprint density at radius 3 is 2.39 bits per heavy atom. The Bertz CT molecular complexity index is 408. The van der Waals surface area contributed by atoms with Gasteiger partial charge >= 0.3 is 0 Å². The Morgan fingerprint density at radius 1 is 1.17 bits per heavy atom. The third kappa shape index (κ3) is 4.18. The third-order valence-electron chi connectivity index (χ3n) is 3.40. The van der Waals surface area contributed by atoms with Crippen LogP contribution in [0.2, 0.25) is 10.0 Å². The van der Waals surface area contributed by atoms with Gasteiger partial charge in [0.1, 0.15) is 0 Å². The molecule has 1 aliphatic rings. The molecule has 0 aromatic heterocycles. The summed E-state index contributed by atoms with van der Waals surface area (Å²) >= 11 is 11.8. The van der Waals surface area contributed by atoms with Gasteiger partial charge in [0, 0.05) is 22.2 Å². The molecule has 2 rings (SSSR count). The Morgan fingerprint density at radius 2 is 1.78 bits per heavy atom. The zero-order valence-corrected chi connectivity index (χ0v) is 11.7. The second-order valence-corrected chi connectivity index (χ2v) is 5.77. The van der Waals surface area contributed by atoms with Gasteiger partial charge < -0.3 is 5.32 Å². The summed E-state index contributed by atoms with van der Waals surface area (Å²) in [5.74, 6) is 0.777. The highest BCUT2D eigenvalue weighted by atomic mass is 35.5. The van der Waals surface area contributed by atoms with Crippen LogP contribution in [-0.4, -0.2) is 5.91 Å². The molecule has 2 nitrogen and oxygen atoms in total. The lowest BCUT2D eigenvalue weighted by molar-refractivity contribution is -0.116.